The summed E-state index contributed by atoms with van der Waals surface area (Å²) in [6.07, 6.45) is -4.63. The lowest BCUT2D eigenvalue weighted by Gasteiger charge is -2.38. The second-order valence-electron chi connectivity index (χ2n) is 6.57. The molecule has 1 aromatic rings. The van der Waals surface area contributed by atoms with Crippen LogP contribution in [0.2, 0.25) is 0 Å². The number of amides is 1. The minimum atomic E-state index is -4.82. The minimum absolute atomic E-state index is 0.123. The first-order valence-electron chi connectivity index (χ1n) is 8.19. The molecule has 1 aromatic heterocycles. The van der Waals surface area contributed by atoms with Crippen molar-refractivity contribution in [2.75, 3.05) is 26.3 Å². The highest BCUT2D eigenvalue weighted by Crippen LogP contribution is 2.40. The van der Waals surface area contributed by atoms with Crippen molar-refractivity contribution in [1.82, 2.24) is 14.7 Å². The van der Waals surface area contributed by atoms with E-state index in [4.69, 9.17) is 9.84 Å². The summed E-state index contributed by atoms with van der Waals surface area (Å²) in [6, 6.07) is -0.123. The molecule has 3 heterocycles. The quantitative estimate of drug-likeness (QED) is 0.809. The average Bonchev–Trinajstić information content (AvgIpc) is 3.19. The summed E-state index contributed by atoms with van der Waals surface area (Å²) >= 11 is 0. The van der Waals surface area contributed by atoms with E-state index in [-0.39, 0.29) is 19.1 Å². The van der Waals surface area contributed by atoms with E-state index in [0.717, 1.165) is 6.20 Å². The van der Waals surface area contributed by atoms with Crippen molar-refractivity contribution >= 4 is 6.09 Å². The van der Waals surface area contributed by atoms with Crippen molar-refractivity contribution in [2.45, 2.75) is 43.2 Å². The molecule has 26 heavy (non-hydrogen) atoms. The summed E-state index contributed by atoms with van der Waals surface area (Å²) in [5, 5.41) is 12.7. The predicted octanol–water partition coefficient (Wildman–Crippen LogP) is 1.88. The number of carbonyl (C=O) groups excluding carboxylic acids is 1. The van der Waals surface area contributed by atoms with E-state index in [1.807, 2.05) is 0 Å². The van der Waals surface area contributed by atoms with Crippen LogP contribution in [0, 0.1) is 5.82 Å². The van der Waals surface area contributed by atoms with Gasteiger partial charge in [0.05, 0.1) is 37.3 Å². The van der Waals surface area contributed by atoms with Gasteiger partial charge in [-0.3, -0.25) is 4.68 Å². The van der Waals surface area contributed by atoms with Crippen LogP contribution in [-0.2, 0) is 9.47 Å². The molecular weight excluding hydrogens is 362 g/mol. The number of aromatic nitrogens is 2. The number of halogens is 4. The van der Waals surface area contributed by atoms with Crippen LogP contribution in [0.1, 0.15) is 25.3 Å². The number of rotatable bonds is 3. The maximum absolute atomic E-state index is 13.1. The first-order valence-corrected chi connectivity index (χ1v) is 8.19. The number of alkyl halides is 3. The van der Waals surface area contributed by atoms with Gasteiger partial charge in [0, 0.05) is 19.5 Å². The molecule has 0 aliphatic carbocycles. The van der Waals surface area contributed by atoms with E-state index < -0.39 is 36.4 Å². The SMILES string of the molecule is O=C(O[C@H](CO)C(F)(F)F)N1CCC2(CC1)C[C@H](n1cc(F)cn1)CO2. The van der Waals surface area contributed by atoms with Gasteiger partial charge in [0.15, 0.2) is 5.82 Å². The first kappa shape index (κ1) is 18.9. The zero-order valence-corrected chi connectivity index (χ0v) is 13.8. The number of hydrogen-bond acceptors (Lipinski definition) is 5. The third kappa shape index (κ3) is 3.93. The number of aliphatic hydroxyl groups excluding tert-OH is 1. The fourth-order valence-electron chi connectivity index (χ4n) is 3.35. The fourth-order valence-corrected chi connectivity index (χ4v) is 3.35. The maximum Gasteiger partial charge on any atom is 0.427 e. The molecule has 1 spiro atoms. The Hall–Kier alpha value is -1.88. The molecule has 2 fully saturated rings. The molecule has 1 amide bonds. The normalized spacial score (nSPS) is 24.0. The zero-order valence-electron chi connectivity index (χ0n) is 13.8. The van der Waals surface area contributed by atoms with Crippen molar-refractivity contribution in [2.24, 2.45) is 0 Å². The van der Waals surface area contributed by atoms with E-state index in [1.165, 1.54) is 15.8 Å². The molecule has 2 saturated heterocycles. The van der Waals surface area contributed by atoms with Gasteiger partial charge in [0.25, 0.3) is 0 Å². The molecule has 0 unspecified atom stereocenters. The second-order valence-corrected chi connectivity index (χ2v) is 6.57. The van der Waals surface area contributed by atoms with Crippen molar-refractivity contribution < 1.29 is 36.9 Å². The van der Waals surface area contributed by atoms with E-state index >= 15 is 0 Å². The number of hydrogen-bond donors (Lipinski definition) is 1. The molecule has 2 aliphatic heterocycles. The van der Waals surface area contributed by atoms with Crippen molar-refractivity contribution in [3.63, 3.8) is 0 Å². The first-order chi connectivity index (χ1) is 12.2. The Balaban J connectivity index is 1.53. The van der Waals surface area contributed by atoms with E-state index in [0.29, 0.717) is 25.9 Å². The third-order valence-electron chi connectivity index (χ3n) is 4.84. The number of piperidine rings is 1. The summed E-state index contributed by atoms with van der Waals surface area (Å²) in [5.74, 6) is -0.438. The molecule has 0 radical (unpaired) electrons. The van der Waals surface area contributed by atoms with Crippen molar-refractivity contribution in [3.05, 3.63) is 18.2 Å². The highest BCUT2D eigenvalue weighted by atomic mass is 19.4. The van der Waals surface area contributed by atoms with Gasteiger partial charge >= 0.3 is 12.3 Å². The Morgan fingerprint density at radius 3 is 2.69 bits per heavy atom. The molecule has 1 N–H and O–H groups in total. The van der Waals surface area contributed by atoms with Crippen LogP contribution >= 0.6 is 0 Å². The predicted molar refractivity (Wildman–Crippen MR) is 78.7 cm³/mol. The number of ether oxygens (including phenoxy) is 2. The highest BCUT2D eigenvalue weighted by Gasteiger charge is 2.46. The number of aliphatic hydroxyl groups is 1. The molecule has 0 aromatic carbocycles. The molecule has 7 nitrogen and oxygen atoms in total. The van der Waals surface area contributed by atoms with Gasteiger partial charge in [-0.1, -0.05) is 0 Å². The lowest BCUT2D eigenvalue weighted by atomic mass is 9.87. The molecule has 3 rings (SSSR count). The standard InChI is InChI=1S/C15H19F4N3O4/c16-10-6-20-22(7-10)11-5-14(25-9-11)1-3-21(4-2-14)13(24)26-12(8-23)15(17,18)19/h6-7,11-12,23H,1-5,8-9H2/t11-,12+/m0/s1. The Labute approximate surface area is 146 Å². The monoisotopic (exact) mass is 381 g/mol. The second kappa shape index (κ2) is 7.03. The van der Waals surface area contributed by atoms with Crippen LogP contribution in [0.15, 0.2) is 12.4 Å². The highest BCUT2D eigenvalue weighted by molar-refractivity contribution is 5.68. The summed E-state index contributed by atoms with van der Waals surface area (Å²) in [7, 11) is 0. The minimum Gasteiger partial charge on any atom is -0.434 e. The number of likely N-dealkylation sites (tertiary alicyclic amines) is 1. The molecular formula is C15H19F4N3O4. The summed E-state index contributed by atoms with van der Waals surface area (Å²) in [4.78, 5) is 13.1. The Morgan fingerprint density at radius 2 is 2.15 bits per heavy atom. The number of nitrogens with zero attached hydrogens (tertiary/aromatic N) is 3. The molecule has 0 bridgehead atoms. The largest absolute Gasteiger partial charge is 0.434 e. The zero-order chi connectivity index (χ0) is 18.9. The van der Waals surface area contributed by atoms with Gasteiger partial charge in [-0.15, -0.1) is 0 Å². The average molecular weight is 381 g/mol. The van der Waals surface area contributed by atoms with Gasteiger partial charge in [-0.05, 0) is 12.8 Å². The number of carbonyl (C=O) groups is 1. The Morgan fingerprint density at radius 1 is 1.46 bits per heavy atom. The van der Waals surface area contributed by atoms with Crippen LogP contribution in [0.4, 0.5) is 22.4 Å². The van der Waals surface area contributed by atoms with Crippen molar-refractivity contribution in [3.8, 4) is 0 Å². The van der Waals surface area contributed by atoms with Crippen molar-refractivity contribution in [1.29, 1.82) is 0 Å². The van der Waals surface area contributed by atoms with Gasteiger partial charge in [0.2, 0.25) is 6.10 Å². The van der Waals surface area contributed by atoms with Crippen LogP contribution < -0.4 is 0 Å². The smallest absolute Gasteiger partial charge is 0.427 e. The van der Waals surface area contributed by atoms with E-state index in [2.05, 4.69) is 9.84 Å². The van der Waals surface area contributed by atoms with Gasteiger partial charge < -0.3 is 19.5 Å². The molecule has 11 heteroatoms. The molecule has 2 aliphatic rings. The lowest BCUT2D eigenvalue weighted by Crippen LogP contribution is -2.49. The van der Waals surface area contributed by atoms with Gasteiger partial charge in [-0.2, -0.15) is 18.3 Å². The summed E-state index contributed by atoms with van der Waals surface area (Å²) < 4.78 is 62.6. The van der Waals surface area contributed by atoms with Crippen LogP contribution in [0.3, 0.4) is 0 Å². The van der Waals surface area contributed by atoms with Crippen LogP contribution in [-0.4, -0.2) is 70.1 Å². The molecule has 2 atom stereocenters. The molecule has 0 saturated carbocycles. The van der Waals surface area contributed by atoms with E-state index in [9.17, 15) is 22.4 Å². The van der Waals surface area contributed by atoms with Gasteiger partial charge in [0.1, 0.15) is 0 Å². The summed E-state index contributed by atoms with van der Waals surface area (Å²) in [5.41, 5.74) is -0.510. The fraction of sp³-hybridized carbons (Fsp3) is 0.733. The Bertz CT molecular complexity index is 643. The van der Waals surface area contributed by atoms with Crippen LogP contribution in [0.25, 0.3) is 0 Å². The Kier molecular flexibility index (Phi) is 5.11. The van der Waals surface area contributed by atoms with Crippen LogP contribution in [0.5, 0.6) is 0 Å². The molecule has 146 valence electrons. The third-order valence-corrected chi connectivity index (χ3v) is 4.84. The lowest BCUT2D eigenvalue weighted by molar-refractivity contribution is -0.215. The van der Waals surface area contributed by atoms with E-state index in [1.54, 1.807) is 0 Å². The topological polar surface area (TPSA) is 76.8 Å². The maximum atomic E-state index is 13.1. The summed E-state index contributed by atoms with van der Waals surface area (Å²) in [6.45, 7) is -0.617. The van der Waals surface area contributed by atoms with Gasteiger partial charge in [-0.25, -0.2) is 9.18 Å².